The van der Waals surface area contributed by atoms with Crippen LogP contribution < -0.4 is 10.6 Å². The number of hydrogen-bond donors (Lipinski definition) is 3. The maximum atomic E-state index is 12.3. The first-order valence-corrected chi connectivity index (χ1v) is 9.49. The largest absolute Gasteiger partial charge is 0.478 e. The van der Waals surface area contributed by atoms with E-state index in [1.807, 2.05) is 0 Å². The van der Waals surface area contributed by atoms with E-state index in [1.165, 1.54) is 24.3 Å². The van der Waals surface area contributed by atoms with Gasteiger partial charge in [0.2, 0.25) is 0 Å². The van der Waals surface area contributed by atoms with E-state index in [0.717, 1.165) is 0 Å². The topological polar surface area (TPSA) is 91.6 Å². The van der Waals surface area contributed by atoms with Crippen molar-refractivity contribution in [2.24, 2.45) is 0 Å². The predicted molar refractivity (Wildman–Crippen MR) is 116 cm³/mol. The number of anilines is 1. The molecule has 0 saturated heterocycles. The Labute approximate surface area is 185 Å². The zero-order valence-electron chi connectivity index (χ0n) is 14.3. The highest BCUT2D eigenvalue weighted by Gasteiger charge is 2.15. The van der Waals surface area contributed by atoms with Gasteiger partial charge < -0.3 is 14.8 Å². The molecule has 0 spiro atoms. The number of halogens is 3. The highest BCUT2D eigenvalue weighted by atomic mass is 35.5. The normalized spacial score (nSPS) is 10.4. The highest BCUT2D eigenvalue weighted by Crippen LogP contribution is 2.29. The fraction of sp³-hybridized carbons (Fsp3) is 0. The number of thiocarbonyl (C=S) groups is 1. The van der Waals surface area contributed by atoms with Crippen molar-refractivity contribution in [3.8, 4) is 11.3 Å². The molecule has 148 valence electrons. The predicted octanol–water partition coefficient (Wildman–Crippen LogP) is 5.73. The quantitative estimate of drug-likeness (QED) is 0.423. The molecule has 0 bridgehead atoms. The van der Waals surface area contributed by atoms with Crippen LogP contribution in [0.3, 0.4) is 0 Å². The standard InChI is InChI=1S/C19H11Cl3N2O4S/c20-12-4-1-9(7-14(12)22)15-5-6-16(28-15)17(25)24-19(29)23-10-2-3-11(18(26)27)13(21)8-10/h1-8H,(H,26,27)(H2,23,24,25,29). The van der Waals surface area contributed by atoms with Gasteiger partial charge >= 0.3 is 5.97 Å². The Morgan fingerprint density at radius 2 is 1.69 bits per heavy atom. The Hall–Kier alpha value is -2.58. The number of furan rings is 1. The molecule has 1 aromatic heterocycles. The molecule has 0 unspecified atom stereocenters. The summed E-state index contributed by atoms with van der Waals surface area (Å²) in [6.45, 7) is 0. The lowest BCUT2D eigenvalue weighted by Gasteiger charge is -2.09. The summed E-state index contributed by atoms with van der Waals surface area (Å²) >= 11 is 22.9. The van der Waals surface area contributed by atoms with E-state index >= 15 is 0 Å². The Bertz CT molecular complexity index is 1130. The van der Waals surface area contributed by atoms with Crippen molar-refractivity contribution >= 4 is 69.7 Å². The molecule has 0 aliphatic rings. The number of nitrogens with one attached hydrogen (secondary N) is 2. The molecule has 0 radical (unpaired) electrons. The molecule has 6 nitrogen and oxygen atoms in total. The van der Waals surface area contributed by atoms with Gasteiger partial charge in [-0.15, -0.1) is 0 Å². The first kappa shape index (κ1) is 21.1. The zero-order valence-corrected chi connectivity index (χ0v) is 17.4. The second-order valence-corrected chi connectivity index (χ2v) is 7.33. The van der Waals surface area contributed by atoms with E-state index in [-0.39, 0.29) is 21.5 Å². The number of benzene rings is 2. The van der Waals surface area contributed by atoms with E-state index in [2.05, 4.69) is 10.6 Å². The SMILES string of the molecule is O=C(NC(=S)Nc1ccc(C(=O)O)c(Cl)c1)c1ccc(-c2ccc(Cl)c(Cl)c2)o1. The zero-order chi connectivity index (χ0) is 21.1. The second-order valence-electron chi connectivity index (χ2n) is 5.70. The molecule has 3 aromatic rings. The van der Waals surface area contributed by atoms with Gasteiger partial charge in [-0.1, -0.05) is 34.8 Å². The van der Waals surface area contributed by atoms with Crippen LogP contribution in [0.2, 0.25) is 15.1 Å². The molecule has 3 N–H and O–H groups in total. The summed E-state index contributed by atoms with van der Waals surface area (Å²) in [6.07, 6.45) is 0. The fourth-order valence-corrected chi connectivity index (χ4v) is 3.13. The van der Waals surface area contributed by atoms with Crippen LogP contribution in [0.25, 0.3) is 11.3 Å². The number of carbonyl (C=O) groups is 2. The Morgan fingerprint density at radius 1 is 0.931 bits per heavy atom. The molecule has 0 atom stereocenters. The van der Waals surface area contributed by atoms with Crippen LogP contribution in [0.15, 0.2) is 52.9 Å². The van der Waals surface area contributed by atoms with Gasteiger partial charge in [-0.2, -0.15) is 0 Å². The monoisotopic (exact) mass is 468 g/mol. The summed E-state index contributed by atoms with van der Waals surface area (Å²) in [5, 5.41) is 15.0. The fourth-order valence-electron chi connectivity index (χ4n) is 2.36. The summed E-state index contributed by atoms with van der Waals surface area (Å²) in [5.41, 5.74) is 1.03. The first-order chi connectivity index (χ1) is 13.7. The van der Waals surface area contributed by atoms with E-state index in [0.29, 0.717) is 27.1 Å². The molecule has 0 aliphatic carbocycles. The van der Waals surface area contributed by atoms with Gasteiger partial charge in [0.25, 0.3) is 5.91 Å². The Kier molecular flexibility index (Phi) is 6.44. The minimum Gasteiger partial charge on any atom is -0.478 e. The van der Waals surface area contributed by atoms with Crippen molar-refractivity contribution in [1.82, 2.24) is 5.32 Å². The smallest absolute Gasteiger partial charge is 0.337 e. The van der Waals surface area contributed by atoms with E-state index in [4.69, 9.17) is 56.5 Å². The molecule has 1 amide bonds. The first-order valence-electron chi connectivity index (χ1n) is 7.95. The van der Waals surface area contributed by atoms with Crippen LogP contribution in [0.1, 0.15) is 20.9 Å². The number of carbonyl (C=O) groups excluding carboxylic acids is 1. The summed E-state index contributed by atoms with van der Waals surface area (Å²) in [5.74, 6) is -1.24. The highest BCUT2D eigenvalue weighted by molar-refractivity contribution is 7.80. The molecular weight excluding hydrogens is 459 g/mol. The van der Waals surface area contributed by atoms with Gasteiger partial charge in [-0.3, -0.25) is 10.1 Å². The molecule has 2 aromatic carbocycles. The molecule has 0 saturated carbocycles. The lowest BCUT2D eigenvalue weighted by atomic mass is 10.2. The van der Waals surface area contributed by atoms with Crippen LogP contribution in [0, 0.1) is 0 Å². The third kappa shape index (κ3) is 5.07. The van der Waals surface area contributed by atoms with Gasteiger partial charge in [0.05, 0.1) is 20.6 Å². The Balaban J connectivity index is 1.66. The number of amides is 1. The lowest BCUT2D eigenvalue weighted by Crippen LogP contribution is -2.33. The molecular formula is C19H11Cl3N2O4S. The second kappa shape index (κ2) is 8.84. The molecule has 1 heterocycles. The molecule has 0 aliphatic heterocycles. The number of carboxylic acids is 1. The summed E-state index contributed by atoms with van der Waals surface area (Å²) in [6, 6.07) is 12.3. The van der Waals surface area contributed by atoms with Crippen molar-refractivity contribution in [3.63, 3.8) is 0 Å². The summed E-state index contributed by atoms with van der Waals surface area (Å²) < 4.78 is 5.55. The van der Waals surface area contributed by atoms with Crippen molar-refractivity contribution in [2.75, 3.05) is 5.32 Å². The number of carboxylic acid groups (broad SMARTS) is 1. The summed E-state index contributed by atoms with van der Waals surface area (Å²) in [7, 11) is 0. The van der Waals surface area contributed by atoms with Crippen LogP contribution in [-0.4, -0.2) is 22.1 Å². The molecule has 10 heteroatoms. The van der Waals surface area contributed by atoms with Crippen molar-refractivity contribution < 1.29 is 19.1 Å². The van der Waals surface area contributed by atoms with Gasteiger partial charge in [-0.25, -0.2) is 4.79 Å². The summed E-state index contributed by atoms with van der Waals surface area (Å²) in [4.78, 5) is 23.3. The number of rotatable bonds is 4. The Morgan fingerprint density at radius 3 is 2.34 bits per heavy atom. The van der Waals surface area contributed by atoms with Gasteiger partial charge in [-0.05, 0) is 60.7 Å². The maximum absolute atomic E-state index is 12.3. The van der Waals surface area contributed by atoms with Crippen molar-refractivity contribution in [2.45, 2.75) is 0 Å². The van der Waals surface area contributed by atoms with Gasteiger partial charge in [0.15, 0.2) is 10.9 Å². The van der Waals surface area contributed by atoms with Crippen molar-refractivity contribution in [3.05, 3.63) is 74.9 Å². The van der Waals surface area contributed by atoms with E-state index in [9.17, 15) is 9.59 Å². The van der Waals surface area contributed by atoms with Crippen LogP contribution in [0.5, 0.6) is 0 Å². The number of aromatic carboxylic acids is 1. The molecule has 0 fully saturated rings. The van der Waals surface area contributed by atoms with Crippen LogP contribution in [0.4, 0.5) is 5.69 Å². The third-order valence-corrected chi connectivity index (χ3v) is 4.97. The maximum Gasteiger partial charge on any atom is 0.337 e. The third-order valence-electron chi connectivity index (χ3n) is 3.72. The molecule has 29 heavy (non-hydrogen) atoms. The van der Waals surface area contributed by atoms with E-state index in [1.54, 1.807) is 24.3 Å². The average Bonchev–Trinajstić information content (AvgIpc) is 3.14. The minimum atomic E-state index is -1.15. The van der Waals surface area contributed by atoms with Crippen molar-refractivity contribution in [1.29, 1.82) is 0 Å². The van der Waals surface area contributed by atoms with Gasteiger partial charge in [0, 0.05) is 11.3 Å². The minimum absolute atomic E-state index is 0.0124. The lowest BCUT2D eigenvalue weighted by molar-refractivity contribution is 0.0697. The average molecular weight is 470 g/mol. The van der Waals surface area contributed by atoms with Gasteiger partial charge in [0.1, 0.15) is 5.76 Å². The van der Waals surface area contributed by atoms with Crippen LogP contribution in [-0.2, 0) is 0 Å². The van der Waals surface area contributed by atoms with Crippen LogP contribution >= 0.6 is 47.0 Å². The molecule has 3 rings (SSSR count). The van der Waals surface area contributed by atoms with E-state index < -0.39 is 11.9 Å². The number of hydrogen-bond acceptors (Lipinski definition) is 4.